The van der Waals surface area contributed by atoms with Gasteiger partial charge in [0.05, 0.1) is 15.8 Å². The molecule has 3 heterocycles. The third-order valence-electron chi connectivity index (χ3n) is 11.4. The molecule has 2 aromatic heterocycles. The second kappa shape index (κ2) is 26.5. The minimum atomic E-state index is -1.41. The fraction of sp³-hybridized carbons (Fsp3) is 0.532. The van der Waals surface area contributed by atoms with E-state index >= 15 is 0 Å². The zero-order valence-corrected chi connectivity index (χ0v) is 40.9. The first-order valence-electron chi connectivity index (χ1n) is 22.9. The number of ketones is 2. The Morgan fingerprint density at radius 1 is 0.853 bits per heavy atom. The third-order valence-corrected chi connectivity index (χ3v) is 13.5. The van der Waals surface area contributed by atoms with E-state index in [9.17, 15) is 47.9 Å². The van der Waals surface area contributed by atoms with Gasteiger partial charge in [-0.15, -0.1) is 23.1 Å². The number of nitrogens with zero attached hydrogens (tertiary/aromatic N) is 1. The number of amides is 8. The Morgan fingerprint density at radius 3 is 2.24 bits per heavy atom. The molecule has 0 fully saturated rings. The van der Waals surface area contributed by atoms with Crippen LogP contribution in [-0.2, 0) is 60.9 Å². The van der Waals surface area contributed by atoms with Crippen molar-refractivity contribution >= 4 is 92.0 Å². The van der Waals surface area contributed by atoms with E-state index in [-0.39, 0.29) is 62.4 Å². The van der Waals surface area contributed by atoms with Crippen LogP contribution < -0.4 is 43.4 Å². The number of fused-ring (bicyclic) bond motifs is 3. The van der Waals surface area contributed by atoms with Crippen LogP contribution in [0.3, 0.4) is 0 Å². The predicted octanol–water partition coefficient (Wildman–Crippen LogP) is 1.91. The lowest BCUT2D eigenvalue weighted by molar-refractivity contribution is -0.135. The summed E-state index contributed by atoms with van der Waals surface area (Å²) in [6, 6.07) is 3.58. The number of nitrogens with one attached hydrogen (secondary N) is 6. The van der Waals surface area contributed by atoms with Crippen molar-refractivity contribution in [2.45, 2.75) is 147 Å². The van der Waals surface area contributed by atoms with Gasteiger partial charge in [0.15, 0.2) is 5.78 Å². The number of aromatic nitrogens is 1. The number of primary amides is 2. The van der Waals surface area contributed by atoms with Crippen LogP contribution in [0.15, 0.2) is 53.0 Å². The highest BCUT2D eigenvalue weighted by Crippen LogP contribution is 2.34. The molecule has 68 heavy (non-hydrogen) atoms. The Balaban J connectivity index is 1.69. The van der Waals surface area contributed by atoms with Crippen molar-refractivity contribution in [3.8, 4) is 0 Å². The first-order chi connectivity index (χ1) is 32.2. The van der Waals surface area contributed by atoms with Gasteiger partial charge < -0.3 is 52.7 Å². The first kappa shape index (κ1) is 54.5. The summed E-state index contributed by atoms with van der Waals surface area (Å²) in [5.41, 5.74) is 11.9. The smallest absolute Gasteiger partial charge is 0.244 e. The maximum atomic E-state index is 14.3. The number of hydrogen-bond donors (Lipinski definition) is 8. The molecule has 370 valence electrons. The number of thiophene rings is 1. The zero-order chi connectivity index (χ0) is 50.1. The second-order valence-corrected chi connectivity index (χ2v) is 19.6. The van der Waals surface area contributed by atoms with Crippen molar-refractivity contribution < 1.29 is 47.9 Å². The Labute approximate surface area is 404 Å². The van der Waals surface area contributed by atoms with Crippen LogP contribution >= 0.6 is 23.1 Å². The summed E-state index contributed by atoms with van der Waals surface area (Å²) in [4.78, 5) is 132. The van der Waals surface area contributed by atoms with E-state index in [2.05, 4.69) is 31.9 Å². The summed E-state index contributed by atoms with van der Waals surface area (Å²) in [5, 5.41) is 19.5. The molecule has 0 saturated heterocycles. The van der Waals surface area contributed by atoms with E-state index in [1.165, 1.54) is 43.9 Å². The quantitative estimate of drug-likeness (QED) is 0.103. The third kappa shape index (κ3) is 17.2. The van der Waals surface area contributed by atoms with Gasteiger partial charge in [0.2, 0.25) is 47.3 Å². The molecule has 0 radical (unpaired) electrons. The standard InChI is InChI=1S/C47H65N9O10S2/c1-26(2)21-31-23-37(58)35(22-30-11-7-6-8-12-30)54-43(63)29(5)51-46(66)36(55-45(65)34(15-16-39(48)59)53-42(62)28(4)50-40(60)17-14-27(3)57)25-68-47-32-18-20-67-38(32)24-56(47)19-10-9-13-33(41(49)61)52-44(31)64/h6-8,11-12,18,20,24,26,28-29,31,33-36H,9-10,13-17,19,21-23,25H2,1-5H3,(H2,48,59)(H2,49,61)(H,50,60)(H,51,66)(H,52,64)(H,53,62)(H,54,63)(H,55,65)/t28-,29-,31+,33-,34-,35-,36-/m0/s1. The maximum absolute atomic E-state index is 14.3. The number of hydrogen-bond acceptors (Lipinski definition) is 12. The molecular weight excluding hydrogens is 915 g/mol. The lowest BCUT2D eigenvalue weighted by Gasteiger charge is -2.26. The van der Waals surface area contributed by atoms with E-state index < -0.39 is 95.2 Å². The van der Waals surface area contributed by atoms with Crippen LogP contribution in [0, 0.1) is 11.8 Å². The van der Waals surface area contributed by atoms with Crippen LogP contribution in [0.25, 0.3) is 10.1 Å². The fourth-order valence-corrected chi connectivity index (χ4v) is 9.73. The van der Waals surface area contributed by atoms with Gasteiger partial charge in [-0.25, -0.2) is 0 Å². The highest BCUT2D eigenvalue weighted by Gasteiger charge is 2.34. The SMILES string of the molecule is CC(=O)CCC(=O)N[C@@H](C)C(=O)N[C@@H](CCC(N)=O)C(=O)N[C@H]1CSc2c3ccsc3cn2CCCC[C@@H](C(N)=O)NC(=O)[C@H](CC(C)C)CC(=O)[C@H](Cc2ccccc2)NC(=O)[C@H](C)NC1=O. The van der Waals surface area contributed by atoms with Crippen molar-refractivity contribution in [3.05, 3.63) is 53.5 Å². The molecule has 0 bridgehead atoms. The van der Waals surface area contributed by atoms with Crippen molar-refractivity contribution in [2.24, 2.45) is 23.3 Å². The van der Waals surface area contributed by atoms with Gasteiger partial charge in [-0.05, 0) is 82.2 Å². The number of thioether (sulfide) groups is 1. The molecule has 0 spiro atoms. The van der Waals surface area contributed by atoms with Crippen molar-refractivity contribution in [2.75, 3.05) is 5.75 Å². The first-order valence-corrected chi connectivity index (χ1v) is 24.7. The number of nitrogens with two attached hydrogens (primary N) is 2. The number of Topliss-reactive ketones (excluding diaryl/α,β-unsaturated/α-hetero) is 2. The summed E-state index contributed by atoms with van der Waals surface area (Å²) in [7, 11) is 0. The summed E-state index contributed by atoms with van der Waals surface area (Å²) >= 11 is 2.76. The molecule has 21 heteroatoms. The summed E-state index contributed by atoms with van der Waals surface area (Å²) in [6.07, 6.45) is 2.59. The average Bonchev–Trinajstić information content (AvgIpc) is 3.87. The average molecular weight is 980 g/mol. The van der Waals surface area contributed by atoms with Gasteiger partial charge in [-0.1, -0.05) is 44.2 Å². The monoisotopic (exact) mass is 979 g/mol. The lowest BCUT2D eigenvalue weighted by Crippen LogP contribution is -2.59. The van der Waals surface area contributed by atoms with Crippen molar-refractivity contribution in [1.29, 1.82) is 0 Å². The van der Waals surface area contributed by atoms with Crippen LogP contribution in [0.4, 0.5) is 0 Å². The van der Waals surface area contributed by atoms with Crippen LogP contribution in [0.1, 0.15) is 98.0 Å². The van der Waals surface area contributed by atoms with Crippen LogP contribution in [-0.4, -0.2) is 105 Å². The molecule has 7 atom stereocenters. The molecule has 8 amide bonds. The highest BCUT2D eigenvalue weighted by atomic mass is 32.2. The molecule has 1 aromatic carbocycles. The van der Waals surface area contributed by atoms with Crippen molar-refractivity contribution in [1.82, 2.24) is 36.5 Å². The number of carbonyl (C=O) groups is 10. The molecule has 19 nitrogen and oxygen atoms in total. The molecule has 0 saturated carbocycles. The van der Waals surface area contributed by atoms with E-state index in [1.54, 1.807) is 30.3 Å². The molecular formula is C47H65N9O10S2. The predicted molar refractivity (Wildman–Crippen MR) is 258 cm³/mol. The Kier molecular flexibility index (Phi) is 21.2. The molecule has 0 unspecified atom stereocenters. The molecule has 1 aliphatic heterocycles. The van der Waals surface area contributed by atoms with Crippen LogP contribution in [0.2, 0.25) is 0 Å². The van der Waals surface area contributed by atoms with E-state index in [4.69, 9.17) is 11.5 Å². The minimum Gasteiger partial charge on any atom is -0.370 e. The summed E-state index contributed by atoms with van der Waals surface area (Å²) < 4.78 is 2.95. The van der Waals surface area contributed by atoms with Gasteiger partial charge in [0.25, 0.3) is 0 Å². The molecule has 3 aromatic rings. The fourth-order valence-electron chi connectivity index (χ4n) is 7.63. The number of carbonyl (C=O) groups excluding carboxylic acids is 10. The van der Waals surface area contributed by atoms with Gasteiger partial charge in [0.1, 0.15) is 36.0 Å². The zero-order valence-electron chi connectivity index (χ0n) is 39.2. The molecule has 4 rings (SSSR count). The van der Waals surface area contributed by atoms with E-state index in [1.807, 2.05) is 36.1 Å². The molecule has 1 aliphatic rings. The Hall–Kier alpha value is -6.09. The van der Waals surface area contributed by atoms with Crippen LogP contribution in [0.5, 0.6) is 0 Å². The van der Waals surface area contributed by atoms with E-state index in [0.717, 1.165) is 20.7 Å². The topological polar surface area (TPSA) is 300 Å². The maximum Gasteiger partial charge on any atom is 0.244 e. The number of aryl methyl sites for hydroxylation is 1. The lowest BCUT2D eigenvalue weighted by atomic mass is 9.88. The van der Waals surface area contributed by atoms with Gasteiger partial charge in [-0.2, -0.15) is 0 Å². The minimum absolute atomic E-state index is 0.00976. The summed E-state index contributed by atoms with van der Waals surface area (Å²) in [6.45, 7) is 8.42. The highest BCUT2D eigenvalue weighted by molar-refractivity contribution is 7.99. The summed E-state index contributed by atoms with van der Waals surface area (Å²) in [5.74, 6) is -7.27. The van der Waals surface area contributed by atoms with Crippen molar-refractivity contribution in [3.63, 3.8) is 0 Å². The van der Waals surface area contributed by atoms with E-state index in [0.29, 0.717) is 25.8 Å². The Morgan fingerprint density at radius 2 is 1.57 bits per heavy atom. The van der Waals surface area contributed by atoms with Gasteiger partial charge in [0, 0.05) is 55.5 Å². The molecule has 10 N–H and O–H groups in total. The Bertz CT molecular complexity index is 2300. The van der Waals surface area contributed by atoms with Gasteiger partial charge in [-0.3, -0.25) is 43.2 Å². The number of benzene rings is 1. The second-order valence-electron chi connectivity index (χ2n) is 17.7. The molecule has 0 aliphatic carbocycles. The largest absolute Gasteiger partial charge is 0.370 e. The van der Waals surface area contributed by atoms with Gasteiger partial charge >= 0.3 is 0 Å². The number of rotatable bonds is 16. The normalized spacial score (nSPS) is 21.2.